The number of rotatable bonds is 12. The van der Waals surface area contributed by atoms with Crippen LogP contribution in [0.4, 0.5) is 11.5 Å². The van der Waals surface area contributed by atoms with Crippen molar-refractivity contribution in [1.29, 1.82) is 0 Å². The molecule has 0 aliphatic carbocycles. The zero-order valence-corrected chi connectivity index (χ0v) is 22.5. The van der Waals surface area contributed by atoms with E-state index in [4.69, 9.17) is 29.5 Å². The number of para-hydroxylation sites is 1. The van der Waals surface area contributed by atoms with Gasteiger partial charge in [0, 0.05) is 12.5 Å². The number of nitrogen functional groups attached to an aromatic ring is 1. The first-order chi connectivity index (χ1) is 18.6. The summed E-state index contributed by atoms with van der Waals surface area (Å²) in [6.45, 7) is -0.631. The first-order valence-corrected chi connectivity index (χ1v) is 15.4. The molecule has 4 rings (SSSR count). The van der Waals surface area contributed by atoms with Gasteiger partial charge in [0.25, 0.3) is 5.69 Å². The number of fused-ring (bicyclic) bond motifs is 1. The second-order valence-corrected chi connectivity index (χ2v) is 12.5. The van der Waals surface area contributed by atoms with Gasteiger partial charge in [0.15, 0.2) is 11.5 Å². The molecule has 5 atom stereocenters. The lowest BCUT2D eigenvalue weighted by Crippen LogP contribution is -2.28. The quantitative estimate of drug-likeness (QED) is 0.108. The van der Waals surface area contributed by atoms with Crippen LogP contribution < -0.4 is 5.73 Å². The first kappa shape index (κ1) is 30.3. The highest BCUT2D eigenvalue weighted by Gasteiger charge is 2.46. The molecule has 0 bridgehead atoms. The highest BCUT2D eigenvalue weighted by atomic mass is 31.3. The number of phosphoric acid groups is 3. The second kappa shape index (κ2) is 11.7. The summed E-state index contributed by atoms with van der Waals surface area (Å²) in [6, 6.07) is 5.76. The van der Waals surface area contributed by atoms with E-state index in [1.54, 1.807) is 6.07 Å². The Hall–Kier alpha value is -2.70. The van der Waals surface area contributed by atoms with Gasteiger partial charge in [-0.2, -0.15) is 8.62 Å². The number of imidazole rings is 1. The summed E-state index contributed by atoms with van der Waals surface area (Å²) in [5.41, 5.74) is 6.27. The van der Waals surface area contributed by atoms with Gasteiger partial charge in [-0.1, -0.05) is 12.1 Å². The normalized spacial score (nSPS) is 22.6. The number of aromatic nitrogens is 4. The molecule has 0 radical (unpaired) electrons. The molecule has 2 aromatic heterocycles. The van der Waals surface area contributed by atoms with Gasteiger partial charge in [0.1, 0.15) is 30.3 Å². The number of phosphoric ester groups is 1. The minimum absolute atomic E-state index is 0.0656. The maximum Gasteiger partial charge on any atom is 0.490 e. The number of nitro groups is 1. The lowest BCUT2D eigenvalue weighted by Gasteiger charge is -2.22. The van der Waals surface area contributed by atoms with E-state index in [2.05, 4.69) is 23.6 Å². The van der Waals surface area contributed by atoms with Crippen LogP contribution in [0.15, 0.2) is 36.9 Å². The van der Waals surface area contributed by atoms with Gasteiger partial charge in [-0.3, -0.25) is 19.2 Å². The SMILES string of the molecule is Nc1ncnc2c1ncn2[C@H]1C[C@H](OP(=O)(O)OP(=O)(O)OP(=O)(O)O)[C@@H](COCc2ccccc2[N+](=O)[O-])O1. The van der Waals surface area contributed by atoms with Gasteiger partial charge in [0.05, 0.1) is 30.0 Å². The van der Waals surface area contributed by atoms with E-state index in [0.29, 0.717) is 0 Å². The van der Waals surface area contributed by atoms with Gasteiger partial charge in [0.2, 0.25) is 0 Å². The third kappa shape index (κ3) is 7.52. The maximum absolute atomic E-state index is 12.5. The highest BCUT2D eigenvalue weighted by molar-refractivity contribution is 7.66. The summed E-state index contributed by atoms with van der Waals surface area (Å²) in [6.07, 6.45) is -1.32. The zero-order valence-electron chi connectivity index (χ0n) is 19.8. The molecule has 1 aromatic carbocycles. The van der Waals surface area contributed by atoms with Crippen LogP contribution in [0.1, 0.15) is 18.2 Å². The van der Waals surface area contributed by atoms with Crippen molar-refractivity contribution in [1.82, 2.24) is 19.5 Å². The number of anilines is 1. The molecular weight excluding hydrogens is 605 g/mol. The number of hydrogen-bond acceptors (Lipinski definition) is 14. The molecule has 40 heavy (non-hydrogen) atoms. The third-order valence-electron chi connectivity index (χ3n) is 5.29. The summed E-state index contributed by atoms with van der Waals surface area (Å²) < 4.78 is 60.6. The number of hydrogen-bond donors (Lipinski definition) is 5. The van der Waals surface area contributed by atoms with E-state index >= 15 is 0 Å². The summed E-state index contributed by atoms with van der Waals surface area (Å²) >= 11 is 0. The Kier molecular flexibility index (Phi) is 8.82. The standard InChI is InChI=1S/C17H21N6O14P3/c18-16-15-17(20-8-19-16)22(9-21-15)14-5-12(35-39(29,30)37-40(31,32)36-38(26,27)28)13(34-14)7-33-6-10-3-1-2-4-11(10)23(24)25/h1-4,8-9,12-14H,5-7H2,(H,29,30)(H,31,32)(H2,18,19,20)(H2,26,27,28)/t12-,13+,14+/m0/s1. The maximum atomic E-state index is 12.5. The van der Waals surface area contributed by atoms with E-state index in [1.807, 2.05) is 0 Å². The van der Waals surface area contributed by atoms with Crippen LogP contribution in [-0.2, 0) is 42.9 Å². The summed E-state index contributed by atoms with van der Waals surface area (Å²) in [5.74, 6) is 0.0656. The molecule has 3 aromatic rings. The number of nitro benzene ring substituents is 1. The molecule has 0 amide bonds. The molecule has 1 aliphatic rings. The van der Waals surface area contributed by atoms with Gasteiger partial charge in [-0.15, -0.1) is 0 Å². The van der Waals surface area contributed by atoms with Crippen LogP contribution in [0.2, 0.25) is 0 Å². The molecule has 0 spiro atoms. The summed E-state index contributed by atoms with van der Waals surface area (Å²) in [4.78, 5) is 59.7. The highest BCUT2D eigenvalue weighted by Crippen LogP contribution is 2.67. The topological polar surface area (TPSA) is 291 Å². The first-order valence-electron chi connectivity index (χ1n) is 10.8. The average Bonchev–Trinajstić information content (AvgIpc) is 3.41. The van der Waals surface area contributed by atoms with Gasteiger partial charge in [-0.05, 0) is 6.07 Å². The minimum Gasteiger partial charge on any atom is -0.382 e. The Morgan fingerprint density at radius 3 is 2.52 bits per heavy atom. The van der Waals surface area contributed by atoms with Crippen LogP contribution in [0.3, 0.4) is 0 Å². The van der Waals surface area contributed by atoms with Crippen LogP contribution in [0, 0.1) is 10.1 Å². The lowest BCUT2D eigenvalue weighted by molar-refractivity contribution is -0.386. The van der Waals surface area contributed by atoms with Crippen molar-refractivity contribution >= 4 is 46.1 Å². The van der Waals surface area contributed by atoms with Crippen molar-refractivity contribution in [3.63, 3.8) is 0 Å². The largest absolute Gasteiger partial charge is 0.490 e. The minimum atomic E-state index is -5.77. The van der Waals surface area contributed by atoms with Crippen molar-refractivity contribution < 1.29 is 60.8 Å². The number of ether oxygens (including phenoxy) is 2. The van der Waals surface area contributed by atoms with E-state index < -0.39 is 46.8 Å². The van der Waals surface area contributed by atoms with Crippen molar-refractivity contribution in [2.75, 3.05) is 12.3 Å². The van der Waals surface area contributed by atoms with Gasteiger partial charge >= 0.3 is 23.5 Å². The predicted octanol–water partition coefficient (Wildman–Crippen LogP) is 1.53. The van der Waals surface area contributed by atoms with Crippen LogP contribution in [0.25, 0.3) is 11.2 Å². The molecule has 23 heteroatoms. The summed E-state index contributed by atoms with van der Waals surface area (Å²) in [7, 11) is -16.9. The van der Waals surface area contributed by atoms with E-state index in [9.17, 15) is 33.6 Å². The second-order valence-electron chi connectivity index (χ2n) is 8.08. The van der Waals surface area contributed by atoms with Crippen LogP contribution >= 0.6 is 23.5 Å². The zero-order chi connectivity index (χ0) is 29.3. The van der Waals surface area contributed by atoms with Crippen molar-refractivity contribution in [3.8, 4) is 0 Å². The Bertz CT molecular complexity index is 1550. The lowest BCUT2D eigenvalue weighted by atomic mass is 10.2. The molecular formula is C17H21N6O14P3. The monoisotopic (exact) mass is 626 g/mol. The molecule has 20 nitrogen and oxygen atoms in total. The Labute approximate surface area is 223 Å². The Balaban J connectivity index is 1.54. The number of benzene rings is 1. The third-order valence-corrected chi connectivity index (χ3v) is 9.15. The molecule has 2 unspecified atom stereocenters. The number of nitrogens with zero attached hydrogens (tertiary/aromatic N) is 5. The average molecular weight is 626 g/mol. The predicted molar refractivity (Wildman–Crippen MR) is 130 cm³/mol. The van der Waals surface area contributed by atoms with Gasteiger partial charge in [-0.25, -0.2) is 28.6 Å². The molecule has 1 aliphatic heterocycles. The van der Waals surface area contributed by atoms with E-state index in [0.717, 1.165) is 0 Å². The smallest absolute Gasteiger partial charge is 0.382 e. The molecule has 1 fully saturated rings. The number of nitrogens with two attached hydrogens (primary N) is 1. The molecule has 1 saturated heterocycles. The van der Waals surface area contributed by atoms with Crippen molar-refractivity contribution in [2.45, 2.75) is 31.5 Å². The Morgan fingerprint density at radius 2 is 1.82 bits per heavy atom. The van der Waals surface area contributed by atoms with Crippen LogP contribution in [-0.4, -0.2) is 62.8 Å². The molecule has 6 N–H and O–H groups in total. The molecule has 0 saturated carbocycles. The summed E-state index contributed by atoms with van der Waals surface area (Å²) in [5, 5.41) is 11.3. The van der Waals surface area contributed by atoms with E-state index in [1.165, 1.54) is 35.4 Å². The fraction of sp³-hybridized carbons (Fsp3) is 0.353. The van der Waals surface area contributed by atoms with E-state index in [-0.39, 0.29) is 47.9 Å². The fourth-order valence-corrected chi connectivity index (χ4v) is 7.00. The fourth-order valence-electron chi connectivity index (χ4n) is 3.78. The van der Waals surface area contributed by atoms with Crippen LogP contribution in [0.5, 0.6) is 0 Å². The van der Waals surface area contributed by atoms with Gasteiger partial charge < -0.3 is 34.8 Å². The van der Waals surface area contributed by atoms with Crippen molar-refractivity contribution in [3.05, 3.63) is 52.6 Å². The van der Waals surface area contributed by atoms with Crippen molar-refractivity contribution in [2.24, 2.45) is 0 Å². The molecule has 218 valence electrons. The molecule has 3 heterocycles. The Morgan fingerprint density at radius 1 is 1.10 bits per heavy atom.